The van der Waals surface area contributed by atoms with Gasteiger partial charge in [0.15, 0.2) is 5.78 Å². The maximum atomic E-state index is 12.6. The molecule has 0 radical (unpaired) electrons. The normalized spacial score (nSPS) is 10.9. The van der Waals surface area contributed by atoms with Crippen LogP contribution in [0.4, 0.5) is 5.69 Å². The van der Waals surface area contributed by atoms with Crippen molar-refractivity contribution in [3.8, 4) is 0 Å². The molecule has 1 heterocycles. The summed E-state index contributed by atoms with van der Waals surface area (Å²) in [5, 5.41) is 1.24. The maximum absolute atomic E-state index is 12.6. The van der Waals surface area contributed by atoms with Gasteiger partial charge in [-0.3, -0.25) is 4.79 Å². The number of nitrogens with one attached hydrogen (secondary N) is 1. The van der Waals surface area contributed by atoms with Gasteiger partial charge < -0.3 is 10.7 Å². The number of carbonyl (C=O) groups excluding carboxylic acids is 1. The van der Waals surface area contributed by atoms with Crippen LogP contribution in [0.15, 0.2) is 47.1 Å². The van der Waals surface area contributed by atoms with Crippen LogP contribution >= 0.6 is 27.5 Å². The number of aromatic nitrogens is 1. The minimum Gasteiger partial charge on any atom is -0.397 e. The second-order valence-electron chi connectivity index (χ2n) is 4.42. The molecule has 2 aromatic carbocycles. The Bertz CT molecular complexity index is 826. The third-order valence-corrected chi connectivity index (χ3v) is 4.01. The number of nitrogen functional groups attached to an aromatic ring is 1. The van der Waals surface area contributed by atoms with Crippen molar-refractivity contribution in [1.82, 2.24) is 4.98 Å². The Labute approximate surface area is 128 Å². The number of fused-ring (bicyclic) bond motifs is 1. The third kappa shape index (κ3) is 2.11. The van der Waals surface area contributed by atoms with Crippen LogP contribution in [0.1, 0.15) is 15.9 Å². The number of hydrogen-bond donors (Lipinski definition) is 2. The topological polar surface area (TPSA) is 58.9 Å². The predicted octanol–water partition coefficient (Wildman–Crippen LogP) is 4.40. The molecular formula is C15H10BrClN2O. The van der Waals surface area contributed by atoms with E-state index < -0.39 is 0 Å². The first kappa shape index (κ1) is 13.2. The molecule has 0 aliphatic rings. The van der Waals surface area contributed by atoms with Crippen LogP contribution in [0.25, 0.3) is 10.9 Å². The SMILES string of the molecule is Nc1c(Cl)cccc1C(=O)c1c[nH]c2ccc(Br)cc12. The van der Waals surface area contributed by atoms with Crippen LogP contribution in [0, 0.1) is 0 Å². The molecule has 0 saturated carbocycles. The number of rotatable bonds is 2. The zero-order valence-electron chi connectivity index (χ0n) is 10.3. The zero-order chi connectivity index (χ0) is 14.3. The zero-order valence-corrected chi connectivity index (χ0v) is 12.6. The molecule has 20 heavy (non-hydrogen) atoms. The van der Waals surface area contributed by atoms with Crippen molar-refractivity contribution in [1.29, 1.82) is 0 Å². The Morgan fingerprint density at radius 1 is 1.20 bits per heavy atom. The molecule has 3 nitrogen and oxygen atoms in total. The van der Waals surface area contributed by atoms with Gasteiger partial charge in [0.05, 0.1) is 10.7 Å². The number of nitrogens with two attached hydrogens (primary N) is 1. The van der Waals surface area contributed by atoms with Gasteiger partial charge in [0.1, 0.15) is 0 Å². The summed E-state index contributed by atoms with van der Waals surface area (Å²) in [6.07, 6.45) is 1.69. The standard InChI is InChI=1S/C15H10BrClN2O/c16-8-4-5-13-10(6-8)11(7-19-13)15(20)9-2-1-3-12(17)14(9)18/h1-7,19H,18H2. The Kier molecular flexibility index (Phi) is 3.28. The highest BCUT2D eigenvalue weighted by Gasteiger charge is 2.17. The largest absolute Gasteiger partial charge is 0.397 e. The molecule has 0 saturated heterocycles. The summed E-state index contributed by atoms with van der Waals surface area (Å²) in [6.45, 7) is 0. The van der Waals surface area contributed by atoms with Gasteiger partial charge in [0, 0.05) is 32.7 Å². The van der Waals surface area contributed by atoms with Crippen molar-refractivity contribution in [3.05, 3.63) is 63.2 Å². The number of ketones is 1. The minimum absolute atomic E-state index is 0.144. The summed E-state index contributed by atoms with van der Waals surface area (Å²) < 4.78 is 0.915. The quantitative estimate of drug-likeness (QED) is 0.532. The third-order valence-electron chi connectivity index (χ3n) is 3.19. The minimum atomic E-state index is -0.144. The van der Waals surface area contributed by atoms with Gasteiger partial charge in [-0.15, -0.1) is 0 Å². The van der Waals surface area contributed by atoms with Crippen LogP contribution < -0.4 is 5.73 Å². The lowest BCUT2D eigenvalue weighted by atomic mass is 10.0. The summed E-state index contributed by atoms with van der Waals surface area (Å²) in [5.41, 5.74) is 8.09. The van der Waals surface area contributed by atoms with Crippen molar-refractivity contribution >= 4 is 49.9 Å². The number of anilines is 1. The van der Waals surface area contributed by atoms with E-state index in [4.69, 9.17) is 17.3 Å². The number of hydrogen-bond acceptors (Lipinski definition) is 2. The number of H-pyrrole nitrogens is 1. The smallest absolute Gasteiger partial charge is 0.197 e. The second kappa shape index (κ2) is 4.96. The number of halogens is 2. The molecule has 1 aromatic heterocycles. The van der Waals surface area contributed by atoms with Crippen molar-refractivity contribution in [2.75, 3.05) is 5.73 Å². The summed E-state index contributed by atoms with van der Waals surface area (Å²) in [5.74, 6) is -0.144. The Balaban J connectivity index is 2.18. The maximum Gasteiger partial charge on any atom is 0.197 e. The highest BCUT2D eigenvalue weighted by molar-refractivity contribution is 9.10. The summed E-state index contributed by atoms with van der Waals surface area (Å²) in [7, 11) is 0. The van der Waals surface area contributed by atoms with Gasteiger partial charge in [-0.25, -0.2) is 0 Å². The van der Waals surface area contributed by atoms with E-state index in [0.29, 0.717) is 21.8 Å². The predicted molar refractivity (Wildman–Crippen MR) is 85.3 cm³/mol. The Morgan fingerprint density at radius 3 is 2.80 bits per heavy atom. The van der Waals surface area contributed by atoms with Crippen LogP contribution in [0.3, 0.4) is 0 Å². The van der Waals surface area contributed by atoms with Gasteiger partial charge in [0.25, 0.3) is 0 Å². The number of para-hydroxylation sites is 1. The Hall–Kier alpha value is -1.78. The van der Waals surface area contributed by atoms with E-state index in [2.05, 4.69) is 20.9 Å². The summed E-state index contributed by atoms with van der Waals surface area (Å²) >= 11 is 9.38. The highest BCUT2D eigenvalue weighted by atomic mass is 79.9. The summed E-state index contributed by atoms with van der Waals surface area (Å²) in [4.78, 5) is 15.7. The molecule has 0 fully saturated rings. The number of carbonyl (C=O) groups is 1. The van der Waals surface area contributed by atoms with Gasteiger partial charge in [-0.1, -0.05) is 33.6 Å². The first-order valence-corrected chi connectivity index (χ1v) is 7.10. The van der Waals surface area contributed by atoms with Gasteiger partial charge in [-0.05, 0) is 30.3 Å². The van der Waals surface area contributed by atoms with Crippen molar-refractivity contribution in [2.24, 2.45) is 0 Å². The van der Waals surface area contributed by atoms with E-state index in [1.54, 1.807) is 24.4 Å². The molecule has 100 valence electrons. The second-order valence-corrected chi connectivity index (χ2v) is 5.75. The van der Waals surface area contributed by atoms with Crippen molar-refractivity contribution in [3.63, 3.8) is 0 Å². The molecule has 0 aliphatic carbocycles. The molecule has 3 rings (SSSR count). The van der Waals surface area contributed by atoms with E-state index in [9.17, 15) is 4.79 Å². The summed E-state index contributed by atoms with van der Waals surface area (Å²) in [6, 6.07) is 10.8. The van der Waals surface area contributed by atoms with E-state index in [1.807, 2.05) is 18.2 Å². The molecule has 5 heteroatoms. The van der Waals surface area contributed by atoms with Crippen LogP contribution in [-0.4, -0.2) is 10.8 Å². The van der Waals surface area contributed by atoms with E-state index in [0.717, 1.165) is 15.4 Å². The molecule has 3 N–H and O–H groups in total. The van der Waals surface area contributed by atoms with Crippen molar-refractivity contribution < 1.29 is 4.79 Å². The molecule has 0 bridgehead atoms. The van der Waals surface area contributed by atoms with E-state index >= 15 is 0 Å². The average molecular weight is 350 g/mol. The van der Waals surface area contributed by atoms with Crippen LogP contribution in [0.2, 0.25) is 5.02 Å². The van der Waals surface area contributed by atoms with E-state index in [-0.39, 0.29) is 5.78 Å². The fourth-order valence-electron chi connectivity index (χ4n) is 2.16. The fourth-order valence-corrected chi connectivity index (χ4v) is 2.70. The molecule has 0 amide bonds. The van der Waals surface area contributed by atoms with Crippen molar-refractivity contribution in [2.45, 2.75) is 0 Å². The van der Waals surface area contributed by atoms with Crippen LogP contribution in [-0.2, 0) is 0 Å². The average Bonchev–Trinajstić information content (AvgIpc) is 2.84. The lowest BCUT2D eigenvalue weighted by Gasteiger charge is -2.05. The number of aromatic amines is 1. The first-order valence-electron chi connectivity index (χ1n) is 5.93. The lowest BCUT2D eigenvalue weighted by Crippen LogP contribution is -2.05. The van der Waals surface area contributed by atoms with Gasteiger partial charge >= 0.3 is 0 Å². The molecule has 3 aromatic rings. The monoisotopic (exact) mass is 348 g/mol. The van der Waals surface area contributed by atoms with Gasteiger partial charge in [0.2, 0.25) is 0 Å². The molecule has 0 aliphatic heterocycles. The molecular weight excluding hydrogens is 340 g/mol. The fraction of sp³-hybridized carbons (Fsp3) is 0. The highest BCUT2D eigenvalue weighted by Crippen LogP contribution is 2.28. The first-order chi connectivity index (χ1) is 9.58. The molecule has 0 spiro atoms. The van der Waals surface area contributed by atoms with Crippen LogP contribution in [0.5, 0.6) is 0 Å². The van der Waals surface area contributed by atoms with Gasteiger partial charge in [-0.2, -0.15) is 0 Å². The molecule has 0 atom stereocenters. The number of benzene rings is 2. The Morgan fingerprint density at radius 2 is 2.00 bits per heavy atom. The molecule has 0 unspecified atom stereocenters. The lowest BCUT2D eigenvalue weighted by molar-refractivity contribution is 0.104. The van der Waals surface area contributed by atoms with E-state index in [1.165, 1.54) is 0 Å².